The normalized spacial score (nSPS) is 12.7. The van der Waals surface area contributed by atoms with E-state index in [1.807, 2.05) is 6.08 Å². The molecule has 3 N–H and O–H groups in total. The number of allylic oxidation sites excluding steroid dienone is 1. The average Bonchev–Trinajstić information content (AvgIpc) is 3.40. The molecule has 1 amide bonds. The predicted molar refractivity (Wildman–Crippen MR) is 327 cm³/mol. The van der Waals surface area contributed by atoms with Crippen molar-refractivity contribution in [3.63, 3.8) is 0 Å². The molecule has 0 aromatic heterocycles. The SMILES string of the molecule is CCCCCCCCCCCCCCCCCCCCC/C=C/C(O)C(CO)NC(=O)CCCCCCCCCCCCCCCCCCCCCCCCCCCCCCCCCCCCCCCCCC. The molecule has 4 heteroatoms. The van der Waals surface area contributed by atoms with Gasteiger partial charge in [-0.25, -0.2) is 0 Å². The summed E-state index contributed by atoms with van der Waals surface area (Å²) in [5.41, 5.74) is 0. The zero-order valence-corrected chi connectivity index (χ0v) is 50.5. The third-order valence-corrected chi connectivity index (χ3v) is 16.5. The molecule has 0 aromatic rings. The second kappa shape index (κ2) is 65.4. The van der Waals surface area contributed by atoms with Crippen molar-refractivity contribution in [2.45, 2.75) is 418 Å². The first-order valence-electron chi connectivity index (χ1n) is 34.4. The molecule has 0 aliphatic rings. The fourth-order valence-electron chi connectivity index (χ4n) is 11.3. The molecule has 73 heavy (non-hydrogen) atoms. The van der Waals surface area contributed by atoms with E-state index in [0.717, 1.165) is 25.7 Å². The first-order valence-corrected chi connectivity index (χ1v) is 34.4. The molecule has 0 spiro atoms. The minimum absolute atomic E-state index is 0.0537. The third-order valence-electron chi connectivity index (χ3n) is 16.5. The van der Waals surface area contributed by atoms with E-state index < -0.39 is 12.1 Å². The van der Waals surface area contributed by atoms with Gasteiger partial charge in [-0.05, 0) is 19.3 Å². The Morgan fingerprint density at radius 3 is 0.712 bits per heavy atom. The summed E-state index contributed by atoms with van der Waals surface area (Å²) in [6.07, 6.45) is 87.4. The number of rotatable bonds is 65. The van der Waals surface area contributed by atoms with Crippen molar-refractivity contribution < 1.29 is 15.0 Å². The van der Waals surface area contributed by atoms with Crippen LogP contribution in [0.4, 0.5) is 0 Å². The molecule has 436 valence electrons. The molecule has 0 aromatic carbocycles. The lowest BCUT2D eigenvalue weighted by Crippen LogP contribution is -2.45. The highest BCUT2D eigenvalue weighted by molar-refractivity contribution is 5.76. The maximum absolute atomic E-state index is 12.5. The number of carbonyl (C=O) groups excluding carboxylic acids is 1. The number of hydrogen-bond donors (Lipinski definition) is 3. The van der Waals surface area contributed by atoms with E-state index in [4.69, 9.17) is 0 Å². The lowest BCUT2D eigenvalue weighted by Gasteiger charge is -2.20. The Morgan fingerprint density at radius 2 is 0.507 bits per heavy atom. The Kier molecular flexibility index (Phi) is 64.6. The molecule has 0 saturated carbocycles. The Hall–Kier alpha value is -0.870. The maximum atomic E-state index is 12.5. The highest BCUT2D eigenvalue weighted by Gasteiger charge is 2.18. The zero-order valence-electron chi connectivity index (χ0n) is 50.5. The number of aliphatic hydroxyl groups excluding tert-OH is 2. The molecule has 2 atom stereocenters. The van der Waals surface area contributed by atoms with Crippen LogP contribution in [-0.4, -0.2) is 34.9 Å². The first kappa shape index (κ1) is 72.1. The fraction of sp³-hybridized carbons (Fsp3) is 0.957. The van der Waals surface area contributed by atoms with Gasteiger partial charge in [0, 0.05) is 6.42 Å². The number of carbonyl (C=O) groups is 1. The standard InChI is InChI=1S/C69H137NO3/c1-3-5-7-9-11-13-15-17-19-21-23-25-26-27-28-29-30-31-32-33-34-35-36-37-38-39-40-41-42-43-45-47-49-51-53-55-57-59-61-63-65-69(73)70-67(66-71)68(72)64-62-60-58-56-54-52-50-48-46-44-24-22-20-18-16-14-12-10-8-6-4-2/h62,64,67-68,71-72H,3-61,63,65-66H2,1-2H3,(H,70,73)/b64-62+. The minimum atomic E-state index is -0.836. The average molecular weight is 1030 g/mol. The molecule has 0 aliphatic heterocycles. The summed E-state index contributed by atoms with van der Waals surface area (Å²) in [5.74, 6) is -0.0537. The van der Waals surface area contributed by atoms with Crippen LogP contribution >= 0.6 is 0 Å². The van der Waals surface area contributed by atoms with Crippen molar-refractivity contribution in [2.75, 3.05) is 6.61 Å². The zero-order chi connectivity index (χ0) is 52.7. The van der Waals surface area contributed by atoms with E-state index in [-0.39, 0.29) is 12.5 Å². The summed E-state index contributed by atoms with van der Waals surface area (Å²) < 4.78 is 0. The lowest BCUT2D eigenvalue weighted by atomic mass is 10.0. The number of hydrogen-bond acceptors (Lipinski definition) is 3. The Labute approximate surface area is 460 Å². The van der Waals surface area contributed by atoms with Crippen molar-refractivity contribution in [1.29, 1.82) is 0 Å². The molecular weight excluding hydrogens is 891 g/mol. The van der Waals surface area contributed by atoms with E-state index in [0.29, 0.717) is 6.42 Å². The van der Waals surface area contributed by atoms with Crippen molar-refractivity contribution >= 4 is 5.91 Å². The van der Waals surface area contributed by atoms with E-state index in [9.17, 15) is 15.0 Å². The van der Waals surface area contributed by atoms with Gasteiger partial charge in [0.1, 0.15) is 0 Å². The van der Waals surface area contributed by atoms with Crippen LogP contribution in [0.3, 0.4) is 0 Å². The van der Waals surface area contributed by atoms with Gasteiger partial charge in [0.15, 0.2) is 0 Å². The summed E-state index contributed by atoms with van der Waals surface area (Å²) in [4.78, 5) is 12.5. The van der Waals surface area contributed by atoms with Crippen LogP contribution in [-0.2, 0) is 4.79 Å². The molecule has 2 unspecified atom stereocenters. The van der Waals surface area contributed by atoms with Crippen LogP contribution in [0.2, 0.25) is 0 Å². The van der Waals surface area contributed by atoms with Gasteiger partial charge in [-0.1, -0.05) is 392 Å². The summed E-state index contributed by atoms with van der Waals surface area (Å²) >= 11 is 0. The van der Waals surface area contributed by atoms with Crippen molar-refractivity contribution in [2.24, 2.45) is 0 Å². The second-order valence-corrected chi connectivity index (χ2v) is 24.0. The van der Waals surface area contributed by atoms with Crippen LogP contribution in [0, 0.1) is 0 Å². The Morgan fingerprint density at radius 1 is 0.315 bits per heavy atom. The molecule has 4 nitrogen and oxygen atoms in total. The number of unbranched alkanes of at least 4 members (excludes halogenated alkanes) is 58. The van der Waals surface area contributed by atoms with Gasteiger partial charge < -0.3 is 15.5 Å². The summed E-state index contributed by atoms with van der Waals surface area (Å²) in [5, 5.41) is 23.3. The van der Waals surface area contributed by atoms with Crippen LogP contribution in [0.15, 0.2) is 12.2 Å². The van der Waals surface area contributed by atoms with E-state index >= 15 is 0 Å². The van der Waals surface area contributed by atoms with Gasteiger partial charge in [0.2, 0.25) is 5.91 Å². The van der Waals surface area contributed by atoms with Gasteiger partial charge in [-0.3, -0.25) is 4.79 Å². The molecule has 0 rings (SSSR count). The van der Waals surface area contributed by atoms with Gasteiger partial charge >= 0.3 is 0 Å². The van der Waals surface area contributed by atoms with Crippen LogP contribution in [0.5, 0.6) is 0 Å². The second-order valence-electron chi connectivity index (χ2n) is 24.0. The number of amides is 1. The summed E-state index contributed by atoms with van der Waals surface area (Å²) in [6, 6.07) is -0.619. The highest BCUT2D eigenvalue weighted by atomic mass is 16.3. The molecule has 0 heterocycles. The molecule has 0 saturated heterocycles. The van der Waals surface area contributed by atoms with Gasteiger partial charge in [0.05, 0.1) is 18.8 Å². The van der Waals surface area contributed by atoms with Crippen LogP contribution in [0.25, 0.3) is 0 Å². The molecular formula is C69H137NO3. The number of nitrogens with one attached hydrogen (secondary N) is 1. The predicted octanol–water partition coefficient (Wildman–Crippen LogP) is 23.2. The van der Waals surface area contributed by atoms with Gasteiger partial charge in [-0.2, -0.15) is 0 Å². The van der Waals surface area contributed by atoms with E-state index in [1.54, 1.807) is 6.08 Å². The summed E-state index contributed by atoms with van der Waals surface area (Å²) in [7, 11) is 0. The monoisotopic (exact) mass is 1030 g/mol. The van der Waals surface area contributed by atoms with Crippen molar-refractivity contribution in [3.8, 4) is 0 Å². The van der Waals surface area contributed by atoms with Gasteiger partial charge in [-0.15, -0.1) is 0 Å². The van der Waals surface area contributed by atoms with E-state index in [1.165, 1.54) is 360 Å². The van der Waals surface area contributed by atoms with Crippen LogP contribution in [0.1, 0.15) is 406 Å². The topological polar surface area (TPSA) is 69.6 Å². The summed E-state index contributed by atoms with van der Waals surface area (Å²) in [6.45, 7) is 4.36. The quantitative estimate of drug-likeness (QED) is 0.0420. The van der Waals surface area contributed by atoms with Gasteiger partial charge in [0.25, 0.3) is 0 Å². The van der Waals surface area contributed by atoms with Crippen molar-refractivity contribution in [3.05, 3.63) is 12.2 Å². The fourth-order valence-corrected chi connectivity index (χ4v) is 11.3. The molecule has 0 radical (unpaired) electrons. The Balaban J connectivity index is 3.35. The number of aliphatic hydroxyl groups is 2. The lowest BCUT2D eigenvalue weighted by molar-refractivity contribution is -0.123. The smallest absolute Gasteiger partial charge is 0.220 e. The largest absolute Gasteiger partial charge is 0.394 e. The van der Waals surface area contributed by atoms with Crippen LogP contribution < -0.4 is 5.32 Å². The molecule has 0 fully saturated rings. The van der Waals surface area contributed by atoms with E-state index in [2.05, 4.69) is 19.2 Å². The maximum Gasteiger partial charge on any atom is 0.220 e. The Bertz CT molecular complexity index is 1030. The first-order chi connectivity index (χ1) is 36.2. The van der Waals surface area contributed by atoms with Crippen molar-refractivity contribution in [1.82, 2.24) is 5.32 Å². The minimum Gasteiger partial charge on any atom is -0.394 e. The molecule has 0 aliphatic carbocycles. The highest BCUT2D eigenvalue weighted by Crippen LogP contribution is 2.20. The third kappa shape index (κ3) is 61.9. The molecule has 0 bridgehead atoms.